The van der Waals surface area contributed by atoms with Gasteiger partial charge in [0.2, 0.25) is 5.91 Å². The zero-order valence-electron chi connectivity index (χ0n) is 12.0. The third-order valence-corrected chi connectivity index (χ3v) is 2.81. The second-order valence-corrected chi connectivity index (χ2v) is 4.85. The number of amides is 3. The largest absolute Gasteiger partial charge is 0.481 e. The van der Waals surface area contributed by atoms with E-state index < -0.39 is 17.9 Å². The lowest BCUT2D eigenvalue weighted by atomic mass is 10.1. The van der Waals surface area contributed by atoms with Crippen LogP contribution in [0, 0.1) is 0 Å². The predicted molar refractivity (Wildman–Crippen MR) is 77.8 cm³/mol. The zero-order valence-corrected chi connectivity index (χ0v) is 12.0. The van der Waals surface area contributed by atoms with Crippen molar-refractivity contribution in [1.82, 2.24) is 4.90 Å². The van der Waals surface area contributed by atoms with E-state index in [1.54, 1.807) is 38.1 Å². The molecule has 0 saturated carbocycles. The van der Waals surface area contributed by atoms with Gasteiger partial charge >= 0.3 is 12.0 Å². The van der Waals surface area contributed by atoms with Crippen LogP contribution in [0.3, 0.4) is 0 Å². The smallest absolute Gasteiger partial charge is 0.322 e. The van der Waals surface area contributed by atoms with E-state index in [0.29, 0.717) is 11.3 Å². The highest BCUT2D eigenvalue weighted by atomic mass is 16.4. The van der Waals surface area contributed by atoms with Crippen LogP contribution in [0.15, 0.2) is 24.3 Å². The molecular formula is C14H19N3O4. The van der Waals surface area contributed by atoms with E-state index in [4.69, 9.17) is 10.8 Å². The molecule has 21 heavy (non-hydrogen) atoms. The van der Waals surface area contributed by atoms with Gasteiger partial charge in [-0.2, -0.15) is 0 Å². The first-order valence-electron chi connectivity index (χ1n) is 6.47. The molecule has 0 saturated heterocycles. The fourth-order valence-corrected chi connectivity index (χ4v) is 1.80. The van der Waals surface area contributed by atoms with Crippen LogP contribution in [-0.4, -0.2) is 40.5 Å². The van der Waals surface area contributed by atoms with E-state index >= 15 is 0 Å². The number of hydrogen-bond acceptors (Lipinski definition) is 3. The molecule has 0 aliphatic carbocycles. The fourth-order valence-electron chi connectivity index (χ4n) is 1.80. The van der Waals surface area contributed by atoms with Gasteiger partial charge in [0.05, 0.1) is 6.42 Å². The van der Waals surface area contributed by atoms with Crippen LogP contribution in [-0.2, 0) is 16.0 Å². The minimum atomic E-state index is -0.991. The lowest BCUT2D eigenvalue weighted by Crippen LogP contribution is -2.45. The molecule has 0 aromatic heterocycles. The van der Waals surface area contributed by atoms with E-state index in [0.717, 1.165) is 0 Å². The number of para-hydroxylation sites is 1. The van der Waals surface area contributed by atoms with Crippen molar-refractivity contribution in [3.05, 3.63) is 29.8 Å². The van der Waals surface area contributed by atoms with Crippen LogP contribution >= 0.6 is 0 Å². The molecule has 0 aliphatic heterocycles. The van der Waals surface area contributed by atoms with Gasteiger partial charge < -0.3 is 21.1 Å². The number of carboxylic acid groups (broad SMARTS) is 1. The highest BCUT2D eigenvalue weighted by Gasteiger charge is 2.20. The molecule has 0 bridgehead atoms. The third kappa shape index (κ3) is 5.13. The number of nitrogens with zero attached hydrogens (tertiary/aromatic N) is 1. The monoisotopic (exact) mass is 293 g/mol. The molecule has 0 atom stereocenters. The normalized spacial score (nSPS) is 10.2. The van der Waals surface area contributed by atoms with Crippen LogP contribution in [0.5, 0.6) is 0 Å². The summed E-state index contributed by atoms with van der Waals surface area (Å²) in [6.45, 7) is 3.31. The number of anilines is 1. The Bertz CT molecular complexity index is 543. The van der Waals surface area contributed by atoms with E-state index in [1.165, 1.54) is 4.90 Å². The molecular weight excluding hydrogens is 274 g/mol. The van der Waals surface area contributed by atoms with Crippen molar-refractivity contribution >= 4 is 23.6 Å². The number of rotatable bonds is 6. The van der Waals surface area contributed by atoms with Gasteiger partial charge in [0.1, 0.15) is 6.54 Å². The Morgan fingerprint density at radius 3 is 2.43 bits per heavy atom. The topological polar surface area (TPSA) is 113 Å². The summed E-state index contributed by atoms with van der Waals surface area (Å²) in [6, 6.07) is 5.90. The molecule has 1 aromatic carbocycles. The van der Waals surface area contributed by atoms with E-state index in [9.17, 15) is 14.4 Å². The van der Waals surface area contributed by atoms with Gasteiger partial charge in [0.15, 0.2) is 0 Å². The second kappa shape index (κ2) is 7.28. The molecule has 1 rings (SSSR count). The number of hydrogen-bond donors (Lipinski definition) is 3. The standard InChI is InChI=1S/C14H19N3O4/c1-9(2)17(8-12(15)18)14(21)16-11-6-4-3-5-10(11)7-13(19)20/h3-6,9H,7-8H2,1-2H3,(H2,15,18)(H,16,21)(H,19,20). The molecule has 0 unspecified atom stereocenters. The molecule has 0 aliphatic rings. The zero-order chi connectivity index (χ0) is 16.0. The minimum Gasteiger partial charge on any atom is -0.481 e. The molecule has 0 spiro atoms. The van der Waals surface area contributed by atoms with E-state index in [1.807, 2.05) is 0 Å². The quantitative estimate of drug-likeness (QED) is 0.727. The maximum Gasteiger partial charge on any atom is 0.322 e. The Morgan fingerprint density at radius 1 is 1.29 bits per heavy atom. The third-order valence-electron chi connectivity index (χ3n) is 2.81. The van der Waals surface area contributed by atoms with Gasteiger partial charge in [-0.3, -0.25) is 9.59 Å². The highest BCUT2D eigenvalue weighted by molar-refractivity contribution is 5.93. The number of nitrogens with two attached hydrogens (primary N) is 1. The predicted octanol–water partition coefficient (Wildman–Crippen LogP) is 1.04. The first kappa shape index (κ1) is 16.5. The molecule has 7 heteroatoms. The molecule has 3 amide bonds. The maximum atomic E-state index is 12.2. The molecule has 0 radical (unpaired) electrons. The minimum absolute atomic E-state index is 0.200. The summed E-state index contributed by atoms with van der Waals surface area (Å²) in [5.74, 6) is -1.60. The van der Waals surface area contributed by atoms with Crippen LogP contribution in [0.1, 0.15) is 19.4 Å². The Morgan fingerprint density at radius 2 is 1.90 bits per heavy atom. The SMILES string of the molecule is CC(C)N(CC(N)=O)C(=O)Nc1ccccc1CC(=O)O. The van der Waals surface area contributed by atoms with Crippen molar-refractivity contribution in [2.24, 2.45) is 5.73 Å². The summed E-state index contributed by atoms with van der Waals surface area (Å²) in [4.78, 5) is 35.3. The Labute approximate surface area is 122 Å². The number of carboxylic acids is 1. The average molecular weight is 293 g/mol. The van der Waals surface area contributed by atoms with Crippen LogP contribution in [0.4, 0.5) is 10.5 Å². The van der Waals surface area contributed by atoms with Gasteiger partial charge in [-0.25, -0.2) is 4.79 Å². The van der Waals surface area contributed by atoms with Crippen LogP contribution in [0.25, 0.3) is 0 Å². The van der Waals surface area contributed by atoms with E-state index in [-0.39, 0.29) is 19.0 Å². The Balaban J connectivity index is 2.90. The highest BCUT2D eigenvalue weighted by Crippen LogP contribution is 2.16. The number of aliphatic carboxylic acids is 1. The van der Waals surface area contributed by atoms with Gasteiger partial charge in [-0.05, 0) is 25.5 Å². The molecule has 0 fully saturated rings. The van der Waals surface area contributed by atoms with Crippen molar-refractivity contribution in [3.63, 3.8) is 0 Å². The number of urea groups is 1. The molecule has 114 valence electrons. The maximum absolute atomic E-state index is 12.2. The lowest BCUT2D eigenvalue weighted by Gasteiger charge is -2.26. The number of nitrogens with one attached hydrogen (secondary N) is 1. The van der Waals surface area contributed by atoms with Crippen molar-refractivity contribution in [3.8, 4) is 0 Å². The molecule has 7 nitrogen and oxygen atoms in total. The number of benzene rings is 1. The second-order valence-electron chi connectivity index (χ2n) is 4.85. The van der Waals surface area contributed by atoms with Crippen molar-refractivity contribution < 1.29 is 19.5 Å². The molecule has 0 heterocycles. The van der Waals surface area contributed by atoms with Gasteiger partial charge in [0, 0.05) is 11.7 Å². The summed E-state index contributed by atoms with van der Waals surface area (Å²) in [6.07, 6.45) is -0.200. The van der Waals surface area contributed by atoms with Gasteiger partial charge in [-0.1, -0.05) is 18.2 Å². The fraction of sp³-hybridized carbons (Fsp3) is 0.357. The van der Waals surface area contributed by atoms with Crippen LogP contribution < -0.4 is 11.1 Å². The lowest BCUT2D eigenvalue weighted by molar-refractivity contribution is -0.136. The Hall–Kier alpha value is -2.57. The van der Waals surface area contributed by atoms with Crippen molar-refractivity contribution in [2.45, 2.75) is 26.3 Å². The summed E-state index contributed by atoms with van der Waals surface area (Å²) in [5, 5.41) is 11.5. The molecule has 4 N–H and O–H groups in total. The molecule has 1 aromatic rings. The Kier molecular flexibility index (Phi) is 5.71. The number of primary amides is 1. The summed E-state index contributed by atoms with van der Waals surface area (Å²) < 4.78 is 0. The summed E-state index contributed by atoms with van der Waals surface area (Å²) in [5.41, 5.74) is 6.01. The van der Waals surface area contributed by atoms with E-state index in [2.05, 4.69) is 5.32 Å². The first-order chi connectivity index (χ1) is 9.81. The van der Waals surface area contributed by atoms with Crippen molar-refractivity contribution in [2.75, 3.05) is 11.9 Å². The number of carbonyl (C=O) groups excluding carboxylic acids is 2. The van der Waals surface area contributed by atoms with Crippen molar-refractivity contribution in [1.29, 1.82) is 0 Å². The van der Waals surface area contributed by atoms with Crippen LogP contribution in [0.2, 0.25) is 0 Å². The summed E-state index contributed by atoms with van der Waals surface area (Å²) in [7, 11) is 0. The average Bonchev–Trinajstić information content (AvgIpc) is 2.37. The van der Waals surface area contributed by atoms with Gasteiger partial charge in [0.25, 0.3) is 0 Å². The number of carbonyl (C=O) groups is 3. The first-order valence-corrected chi connectivity index (χ1v) is 6.47. The van der Waals surface area contributed by atoms with Gasteiger partial charge in [-0.15, -0.1) is 0 Å². The summed E-state index contributed by atoms with van der Waals surface area (Å²) >= 11 is 0.